The lowest BCUT2D eigenvalue weighted by Gasteiger charge is -2.42. The molecule has 1 unspecified atom stereocenters. The fraction of sp³-hybridized carbons (Fsp3) is 0.500. The van der Waals surface area contributed by atoms with Gasteiger partial charge in [0.15, 0.2) is 0 Å². The molecule has 1 aromatic heterocycles. The van der Waals surface area contributed by atoms with Crippen molar-refractivity contribution in [1.82, 2.24) is 19.8 Å². The van der Waals surface area contributed by atoms with E-state index in [9.17, 15) is 10.1 Å². The number of ether oxygens (including phenoxy) is 1. The van der Waals surface area contributed by atoms with Gasteiger partial charge in [-0.1, -0.05) is 36.9 Å². The van der Waals surface area contributed by atoms with Gasteiger partial charge in [-0.3, -0.25) is 9.69 Å². The topological polar surface area (TPSA) is 88.8 Å². The molecular formula is C36H43N7O2S. The summed E-state index contributed by atoms with van der Waals surface area (Å²) >= 11 is 2.08. The molecule has 46 heavy (non-hydrogen) atoms. The molecule has 240 valence electrons. The van der Waals surface area contributed by atoms with Crippen molar-refractivity contribution in [1.29, 1.82) is 5.26 Å². The van der Waals surface area contributed by atoms with Crippen LogP contribution in [0.1, 0.15) is 43.0 Å². The van der Waals surface area contributed by atoms with Crippen LogP contribution < -0.4 is 14.5 Å². The monoisotopic (exact) mass is 637 g/mol. The molecule has 3 fully saturated rings. The maximum absolute atomic E-state index is 12.6. The zero-order valence-electron chi connectivity index (χ0n) is 27.1. The SMILES string of the molecule is C=CC(=O)N1CCN(c2nc(OCCN(C)C3S[C@@]3(C)C3CC3)nc3c2CCN(c2cccc4cccc(C)c24)C3)C[C@@H]1CC#N. The van der Waals surface area contributed by atoms with Crippen molar-refractivity contribution in [2.45, 2.75) is 62.2 Å². The molecule has 3 aliphatic heterocycles. The molecule has 4 aliphatic rings. The Balaban J connectivity index is 1.16. The summed E-state index contributed by atoms with van der Waals surface area (Å²) in [5.74, 6) is 1.60. The van der Waals surface area contributed by atoms with E-state index in [1.54, 1.807) is 4.90 Å². The van der Waals surface area contributed by atoms with E-state index >= 15 is 0 Å². The average molecular weight is 638 g/mol. The predicted octanol–water partition coefficient (Wildman–Crippen LogP) is 5.17. The highest BCUT2D eigenvalue weighted by molar-refractivity contribution is 8.08. The lowest BCUT2D eigenvalue weighted by molar-refractivity contribution is -0.128. The number of nitriles is 1. The second kappa shape index (κ2) is 12.4. The first-order valence-electron chi connectivity index (χ1n) is 16.5. The fourth-order valence-corrected chi connectivity index (χ4v) is 9.01. The Hall–Kier alpha value is -3.81. The normalized spacial score (nSPS) is 24.1. The largest absolute Gasteiger partial charge is 0.462 e. The van der Waals surface area contributed by atoms with Gasteiger partial charge in [0.2, 0.25) is 5.91 Å². The van der Waals surface area contributed by atoms with Crippen LogP contribution in [0.3, 0.4) is 0 Å². The summed E-state index contributed by atoms with van der Waals surface area (Å²) in [5, 5.41) is 12.6. The van der Waals surface area contributed by atoms with Crippen LogP contribution in [0.5, 0.6) is 6.01 Å². The third kappa shape index (κ3) is 5.80. The Morgan fingerprint density at radius 1 is 1.20 bits per heavy atom. The molecule has 3 atom stereocenters. The molecule has 2 aromatic carbocycles. The Bertz CT molecular complexity index is 1700. The van der Waals surface area contributed by atoms with E-state index in [0.717, 1.165) is 42.5 Å². The smallest absolute Gasteiger partial charge is 0.318 e. The lowest BCUT2D eigenvalue weighted by Crippen LogP contribution is -2.55. The lowest BCUT2D eigenvalue weighted by atomic mass is 9.99. The van der Waals surface area contributed by atoms with Gasteiger partial charge in [-0.05, 0) is 69.2 Å². The molecule has 1 amide bonds. The van der Waals surface area contributed by atoms with Crippen LogP contribution in [0.15, 0.2) is 49.1 Å². The van der Waals surface area contributed by atoms with E-state index in [-0.39, 0.29) is 18.4 Å². The number of benzene rings is 2. The Morgan fingerprint density at radius 3 is 2.76 bits per heavy atom. The van der Waals surface area contributed by atoms with Gasteiger partial charge < -0.3 is 19.4 Å². The number of piperazine rings is 1. The number of rotatable bonds is 10. The Morgan fingerprint density at radius 2 is 2.00 bits per heavy atom. The van der Waals surface area contributed by atoms with E-state index in [2.05, 4.69) is 96.4 Å². The molecule has 0 N–H and O–H groups in total. The van der Waals surface area contributed by atoms with Crippen molar-refractivity contribution in [3.8, 4) is 12.1 Å². The molecule has 10 heteroatoms. The maximum Gasteiger partial charge on any atom is 0.318 e. The molecule has 0 bridgehead atoms. The van der Waals surface area contributed by atoms with Crippen molar-refractivity contribution in [3.63, 3.8) is 0 Å². The van der Waals surface area contributed by atoms with Crippen LogP contribution in [0.25, 0.3) is 10.8 Å². The highest BCUT2D eigenvalue weighted by Crippen LogP contribution is 2.65. The van der Waals surface area contributed by atoms with E-state index in [1.807, 2.05) is 0 Å². The van der Waals surface area contributed by atoms with Crippen molar-refractivity contribution in [2.75, 3.05) is 56.2 Å². The first-order chi connectivity index (χ1) is 22.3. The molecular weight excluding hydrogens is 595 g/mol. The van der Waals surface area contributed by atoms with Crippen molar-refractivity contribution in [2.24, 2.45) is 5.92 Å². The Labute approximate surface area is 276 Å². The van der Waals surface area contributed by atoms with Gasteiger partial charge in [-0.25, -0.2) is 0 Å². The summed E-state index contributed by atoms with van der Waals surface area (Å²) in [5.41, 5.74) is 4.59. The zero-order chi connectivity index (χ0) is 32.0. The second-order valence-electron chi connectivity index (χ2n) is 13.3. The molecule has 7 rings (SSSR count). The minimum atomic E-state index is -0.233. The van der Waals surface area contributed by atoms with Gasteiger partial charge in [-0.2, -0.15) is 15.2 Å². The summed E-state index contributed by atoms with van der Waals surface area (Å²) in [6.45, 7) is 12.7. The molecule has 4 heterocycles. The zero-order valence-corrected chi connectivity index (χ0v) is 27.9. The summed E-state index contributed by atoms with van der Waals surface area (Å²) in [6, 6.07) is 15.4. The number of anilines is 2. The highest BCUT2D eigenvalue weighted by Gasteiger charge is 2.61. The quantitative estimate of drug-likeness (QED) is 0.221. The number of carbonyl (C=O) groups is 1. The van der Waals surface area contributed by atoms with E-state index < -0.39 is 0 Å². The standard InChI is InChI=1S/C36H43N7O2S/c1-5-31(44)43-19-18-42(22-27(43)14-16-37)33-28-15-17-41(30-11-7-10-25-9-6-8-24(2)32(25)30)23-29(28)38-35(39-33)45-21-20-40(4)34-36(3,46-34)26-12-13-26/h5-11,26-27,34H,1,12-15,17-23H2,2-4H3/t27-,34?,36-/m0/s1. The van der Waals surface area contributed by atoms with Gasteiger partial charge in [0.25, 0.3) is 0 Å². The van der Waals surface area contributed by atoms with Gasteiger partial charge in [0, 0.05) is 54.1 Å². The van der Waals surface area contributed by atoms with Crippen LogP contribution in [0, 0.1) is 24.2 Å². The molecule has 0 spiro atoms. The second-order valence-corrected chi connectivity index (χ2v) is 14.9. The molecule has 0 radical (unpaired) electrons. The van der Waals surface area contributed by atoms with Crippen LogP contribution in [0.2, 0.25) is 0 Å². The number of fused-ring (bicyclic) bond motifs is 2. The van der Waals surface area contributed by atoms with Crippen molar-refractivity contribution < 1.29 is 9.53 Å². The van der Waals surface area contributed by atoms with Gasteiger partial charge >= 0.3 is 6.01 Å². The number of hydrogen-bond donors (Lipinski definition) is 0. The van der Waals surface area contributed by atoms with Gasteiger partial charge in [0.05, 0.1) is 36.1 Å². The van der Waals surface area contributed by atoms with Crippen molar-refractivity contribution >= 4 is 39.9 Å². The first kappa shape index (κ1) is 30.8. The summed E-state index contributed by atoms with van der Waals surface area (Å²) in [4.78, 5) is 31.5. The van der Waals surface area contributed by atoms with Crippen LogP contribution in [-0.2, 0) is 17.8 Å². The average Bonchev–Trinajstić information content (AvgIpc) is 4.00. The fourth-order valence-electron chi connectivity index (χ4n) is 7.51. The molecule has 9 nitrogen and oxygen atoms in total. The van der Waals surface area contributed by atoms with E-state index in [0.29, 0.717) is 48.9 Å². The number of thioether (sulfide) groups is 1. The number of carbonyl (C=O) groups excluding carboxylic acids is 1. The number of amides is 1. The molecule has 1 saturated carbocycles. The third-order valence-corrected chi connectivity index (χ3v) is 12.2. The third-order valence-electron chi connectivity index (χ3n) is 10.3. The summed E-state index contributed by atoms with van der Waals surface area (Å²) < 4.78 is 6.72. The highest BCUT2D eigenvalue weighted by atomic mass is 32.2. The number of hydrogen-bond acceptors (Lipinski definition) is 9. The summed E-state index contributed by atoms with van der Waals surface area (Å²) in [7, 11) is 2.19. The molecule has 1 aliphatic carbocycles. The number of nitrogens with zero attached hydrogens (tertiary/aromatic N) is 7. The van der Waals surface area contributed by atoms with Crippen LogP contribution >= 0.6 is 11.8 Å². The Kier molecular flexibility index (Phi) is 8.32. The first-order valence-corrected chi connectivity index (χ1v) is 17.4. The predicted molar refractivity (Wildman–Crippen MR) is 184 cm³/mol. The number of aryl methyl sites for hydroxylation is 1. The number of aromatic nitrogens is 2. The van der Waals surface area contributed by atoms with Crippen molar-refractivity contribution in [3.05, 3.63) is 65.9 Å². The van der Waals surface area contributed by atoms with Gasteiger partial charge in [-0.15, -0.1) is 11.8 Å². The van der Waals surface area contributed by atoms with E-state index in [4.69, 9.17) is 14.7 Å². The molecule has 2 saturated heterocycles. The van der Waals surface area contributed by atoms with Gasteiger partial charge in [0.1, 0.15) is 12.4 Å². The summed E-state index contributed by atoms with van der Waals surface area (Å²) in [6.07, 6.45) is 5.11. The van der Waals surface area contributed by atoms with Crippen LogP contribution in [0.4, 0.5) is 11.5 Å². The molecule has 3 aromatic rings. The number of likely N-dealkylation sites (N-methyl/N-ethyl adjacent to an activating group) is 1. The minimum Gasteiger partial charge on any atom is -0.462 e. The minimum absolute atomic E-state index is 0.134. The maximum atomic E-state index is 12.6. The van der Waals surface area contributed by atoms with E-state index in [1.165, 1.54) is 40.9 Å². The van der Waals surface area contributed by atoms with Crippen LogP contribution in [-0.4, -0.2) is 88.2 Å².